The van der Waals surface area contributed by atoms with Crippen LogP contribution >= 0.6 is 0 Å². The summed E-state index contributed by atoms with van der Waals surface area (Å²) in [6.45, 7) is 0.541. The summed E-state index contributed by atoms with van der Waals surface area (Å²) in [5, 5.41) is 9.08. The smallest absolute Gasteiger partial charge is 0.333 e. The Morgan fingerprint density at radius 2 is 1.63 bits per heavy atom. The Balaban J connectivity index is 1.38. The minimum absolute atomic E-state index is 0.320. The lowest BCUT2D eigenvalue weighted by Gasteiger charge is -2.11. The largest absolute Gasteiger partial charge is 0.493 e. The predicted octanol–water partition coefficient (Wildman–Crippen LogP) is 4.00. The van der Waals surface area contributed by atoms with Gasteiger partial charge in [-0.2, -0.15) is 0 Å². The molecular weight excluding hydrogens is 380 g/mol. The third kappa shape index (κ3) is 4.09. The molecule has 0 aliphatic heterocycles. The van der Waals surface area contributed by atoms with Crippen LogP contribution in [0, 0.1) is 0 Å². The van der Waals surface area contributed by atoms with Crippen molar-refractivity contribution in [3.05, 3.63) is 84.0 Å². The van der Waals surface area contributed by atoms with E-state index in [2.05, 4.69) is 16.0 Å². The molecule has 1 aliphatic carbocycles. The van der Waals surface area contributed by atoms with E-state index in [9.17, 15) is 4.79 Å². The van der Waals surface area contributed by atoms with Crippen molar-refractivity contribution in [2.24, 2.45) is 0 Å². The van der Waals surface area contributed by atoms with Gasteiger partial charge < -0.3 is 14.6 Å². The van der Waals surface area contributed by atoms with E-state index in [1.165, 1.54) is 23.8 Å². The molecule has 0 spiro atoms. The summed E-state index contributed by atoms with van der Waals surface area (Å²) in [7, 11) is 1.40. The van der Waals surface area contributed by atoms with Gasteiger partial charge in [-0.05, 0) is 46.5 Å². The molecule has 3 aromatic rings. The van der Waals surface area contributed by atoms with Gasteiger partial charge in [0, 0.05) is 55.9 Å². The SMILES string of the molecule is COC(Cc1ccc(OCCC=C2c3ccncc3-c3cnccc32)cc1)C(=O)O. The molecule has 4 rings (SSSR count). The number of methoxy groups -OCH3 is 1. The topological polar surface area (TPSA) is 81.5 Å². The van der Waals surface area contributed by atoms with Gasteiger partial charge in [0.25, 0.3) is 0 Å². The number of carboxylic acids is 1. The molecule has 152 valence electrons. The van der Waals surface area contributed by atoms with Crippen LogP contribution in [0.15, 0.2) is 67.3 Å². The quantitative estimate of drug-likeness (QED) is 0.449. The highest BCUT2D eigenvalue weighted by Crippen LogP contribution is 2.43. The first kappa shape index (κ1) is 19.8. The molecule has 1 N–H and O–H groups in total. The molecule has 2 aromatic heterocycles. The summed E-state index contributed by atoms with van der Waals surface area (Å²) in [5.74, 6) is -0.213. The highest BCUT2D eigenvalue weighted by Gasteiger charge is 2.23. The van der Waals surface area contributed by atoms with Crippen LogP contribution in [0.5, 0.6) is 5.75 Å². The molecule has 0 saturated carbocycles. The highest BCUT2D eigenvalue weighted by molar-refractivity contribution is 6.00. The zero-order valence-corrected chi connectivity index (χ0v) is 16.6. The van der Waals surface area contributed by atoms with Crippen molar-refractivity contribution >= 4 is 11.5 Å². The van der Waals surface area contributed by atoms with E-state index in [0.29, 0.717) is 13.0 Å². The second-order valence-corrected chi connectivity index (χ2v) is 7.01. The van der Waals surface area contributed by atoms with E-state index in [4.69, 9.17) is 14.6 Å². The Morgan fingerprint density at radius 1 is 1.00 bits per heavy atom. The third-order valence-corrected chi connectivity index (χ3v) is 5.15. The molecule has 6 heteroatoms. The minimum Gasteiger partial charge on any atom is -0.493 e. The van der Waals surface area contributed by atoms with Crippen molar-refractivity contribution in [2.75, 3.05) is 13.7 Å². The highest BCUT2D eigenvalue weighted by atomic mass is 16.5. The van der Waals surface area contributed by atoms with Gasteiger partial charge in [-0.15, -0.1) is 0 Å². The first-order valence-electron chi connectivity index (χ1n) is 9.74. The first-order valence-corrected chi connectivity index (χ1v) is 9.74. The van der Waals surface area contributed by atoms with Gasteiger partial charge in [0.05, 0.1) is 6.61 Å². The number of carboxylic acid groups (broad SMARTS) is 1. The molecule has 0 bridgehead atoms. The minimum atomic E-state index is -0.965. The molecule has 0 saturated heterocycles. The molecule has 0 fully saturated rings. The van der Waals surface area contributed by atoms with E-state index in [-0.39, 0.29) is 0 Å². The Morgan fingerprint density at radius 3 is 2.20 bits per heavy atom. The Labute approximate surface area is 174 Å². The summed E-state index contributed by atoms with van der Waals surface area (Å²) >= 11 is 0. The zero-order chi connectivity index (χ0) is 20.9. The molecule has 1 aromatic carbocycles. The van der Waals surface area contributed by atoms with Crippen LogP contribution in [0.3, 0.4) is 0 Å². The molecule has 1 unspecified atom stereocenters. The summed E-state index contributed by atoms with van der Waals surface area (Å²) in [4.78, 5) is 19.6. The van der Waals surface area contributed by atoms with Crippen LogP contribution in [0.2, 0.25) is 0 Å². The van der Waals surface area contributed by atoms with Crippen LogP contribution in [-0.2, 0) is 16.0 Å². The van der Waals surface area contributed by atoms with E-state index in [0.717, 1.165) is 28.9 Å². The van der Waals surface area contributed by atoms with Crippen LogP contribution in [0.25, 0.3) is 16.7 Å². The fourth-order valence-electron chi connectivity index (χ4n) is 3.64. The van der Waals surface area contributed by atoms with Gasteiger partial charge >= 0.3 is 5.97 Å². The number of aliphatic carboxylic acids is 1. The standard InChI is InChI=1S/C24H22N2O4/c1-29-23(24(27)28)13-16-4-6-17(7-5-16)30-12-2-3-18-19-8-10-25-14-21(19)22-15-26-11-9-20(18)22/h3-11,14-15,23H,2,12-13H2,1H3,(H,27,28). The van der Waals surface area contributed by atoms with Gasteiger partial charge in [0.15, 0.2) is 6.10 Å². The fraction of sp³-hybridized carbons (Fsp3) is 0.208. The van der Waals surface area contributed by atoms with E-state index >= 15 is 0 Å². The molecule has 0 amide bonds. The number of aromatic nitrogens is 2. The van der Waals surface area contributed by atoms with Crippen LogP contribution < -0.4 is 4.74 Å². The molecule has 1 aliphatic rings. The number of benzene rings is 1. The van der Waals surface area contributed by atoms with Gasteiger partial charge in [-0.3, -0.25) is 9.97 Å². The maximum atomic E-state index is 11.1. The van der Waals surface area contributed by atoms with E-state index in [1.54, 1.807) is 0 Å². The van der Waals surface area contributed by atoms with Gasteiger partial charge in [0.2, 0.25) is 0 Å². The van der Waals surface area contributed by atoms with Crippen molar-refractivity contribution in [1.82, 2.24) is 9.97 Å². The molecular formula is C24H22N2O4. The summed E-state index contributed by atoms with van der Waals surface area (Å²) in [6, 6.07) is 11.5. The van der Waals surface area contributed by atoms with E-state index < -0.39 is 12.1 Å². The van der Waals surface area contributed by atoms with Gasteiger partial charge in [-0.1, -0.05) is 18.2 Å². The normalized spacial score (nSPS) is 12.8. The first-order chi connectivity index (χ1) is 14.7. The number of hydrogen-bond donors (Lipinski definition) is 1. The number of nitrogens with zero attached hydrogens (tertiary/aromatic N) is 2. The summed E-state index contributed by atoms with van der Waals surface area (Å²) < 4.78 is 10.8. The average molecular weight is 402 g/mol. The zero-order valence-electron chi connectivity index (χ0n) is 16.6. The number of fused-ring (bicyclic) bond motifs is 3. The molecule has 0 radical (unpaired) electrons. The number of rotatable bonds is 8. The van der Waals surface area contributed by atoms with Crippen LogP contribution in [0.1, 0.15) is 23.1 Å². The maximum Gasteiger partial charge on any atom is 0.333 e. The molecule has 1 atom stereocenters. The third-order valence-electron chi connectivity index (χ3n) is 5.15. The van der Waals surface area contributed by atoms with Crippen molar-refractivity contribution in [3.8, 4) is 16.9 Å². The molecule has 2 heterocycles. The number of pyridine rings is 2. The molecule has 6 nitrogen and oxygen atoms in total. The maximum absolute atomic E-state index is 11.1. The van der Waals surface area contributed by atoms with Crippen molar-refractivity contribution in [3.63, 3.8) is 0 Å². The Bertz CT molecular complexity index is 1030. The average Bonchev–Trinajstić information content (AvgIpc) is 3.09. The Kier molecular flexibility index (Phi) is 5.86. The number of hydrogen-bond acceptors (Lipinski definition) is 5. The number of carbonyl (C=O) groups is 1. The van der Waals surface area contributed by atoms with Crippen molar-refractivity contribution < 1.29 is 19.4 Å². The monoisotopic (exact) mass is 402 g/mol. The summed E-state index contributed by atoms with van der Waals surface area (Å²) in [6.07, 6.45) is 9.80. The second-order valence-electron chi connectivity index (χ2n) is 7.01. The van der Waals surface area contributed by atoms with Crippen LogP contribution in [-0.4, -0.2) is 40.9 Å². The van der Waals surface area contributed by atoms with Crippen LogP contribution in [0.4, 0.5) is 0 Å². The van der Waals surface area contributed by atoms with E-state index in [1.807, 2.05) is 61.2 Å². The van der Waals surface area contributed by atoms with Gasteiger partial charge in [-0.25, -0.2) is 4.79 Å². The lowest BCUT2D eigenvalue weighted by Crippen LogP contribution is -2.24. The predicted molar refractivity (Wildman–Crippen MR) is 113 cm³/mol. The number of ether oxygens (including phenoxy) is 2. The lowest BCUT2D eigenvalue weighted by molar-refractivity contribution is -0.148. The lowest BCUT2D eigenvalue weighted by atomic mass is 10.0. The second kappa shape index (κ2) is 8.88. The Hall–Kier alpha value is -3.51. The van der Waals surface area contributed by atoms with Gasteiger partial charge in [0.1, 0.15) is 5.75 Å². The summed E-state index contributed by atoms with van der Waals surface area (Å²) in [5.41, 5.74) is 6.63. The van der Waals surface area contributed by atoms with Crippen molar-refractivity contribution in [1.29, 1.82) is 0 Å². The molecule has 30 heavy (non-hydrogen) atoms. The van der Waals surface area contributed by atoms with Crippen molar-refractivity contribution in [2.45, 2.75) is 18.9 Å². The fourth-order valence-corrected chi connectivity index (χ4v) is 3.64.